The van der Waals surface area contributed by atoms with Gasteiger partial charge in [0.15, 0.2) is 0 Å². The highest BCUT2D eigenvalue weighted by Gasteiger charge is 2.58. The van der Waals surface area contributed by atoms with Crippen LogP contribution < -0.4 is 5.32 Å². The summed E-state index contributed by atoms with van der Waals surface area (Å²) >= 11 is 0. The van der Waals surface area contributed by atoms with E-state index in [1.54, 1.807) is 19.2 Å². The minimum absolute atomic E-state index is 0.0247. The molecule has 1 heterocycles. The van der Waals surface area contributed by atoms with Crippen LogP contribution in [0.15, 0.2) is 28.4 Å². The fourth-order valence-corrected chi connectivity index (χ4v) is 2.62. The number of hydrogen-bond acceptors (Lipinski definition) is 4. The van der Waals surface area contributed by atoms with Crippen LogP contribution in [-0.2, 0) is 9.53 Å². The number of carbonyl (C=O) groups excluding carboxylic acids is 1. The van der Waals surface area contributed by atoms with Crippen LogP contribution in [0.5, 0.6) is 0 Å². The summed E-state index contributed by atoms with van der Waals surface area (Å²) in [7, 11) is 1.68. The van der Waals surface area contributed by atoms with E-state index in [-0.39, 0.29) is 28.5 Å². The first-order valence-electron chi connectivity index (χ1n) is 6.85. The molecule has 1 N–H and O–H groups in total. The molecule has 1 aliphatic rings. The van der Waals surface area contributed by atoms with E-state index in [0.29, 0.717) is 5.76 Å². The summed E-state index contributed by atoms with van der Waals surface area (Å²) in [6.07, 6.45) is 3.66. The van der Waals surface area contributed by atoms with Gasteiger partial charge in [0.1, 0.15) is 17.4 Å². The molecule has 1 fully saturated rings. The van der Waals surface area contributed by atoms with E-state index >= 15 is 0 Å². The van der Waals surface area contributed by atoms with E-state index in [2.05, 4.69) is 5.32 Å². The van der Waals surface area contributed by atoms with E-state index in [9.17, 15) is 4.79 Å². The Balaban J connectivity index is 2.07. The lowest BCUT2D eigenvalue weighted by Gasteiger charge is -2.59. The van der Waals surface area contributed by atoms with Gasteiger partial charge in [0.25, 0.3) is 5.91 Å². The van der Waals surface area contributed by atoms with Crippen LogP contribution in [0, 0.1) is 16.7 Å². The Bertz CT molecular complexity index is 596. The molecule has 0 aromatic carbocycles. The first-order chi connectivity index (χ1) is 9.84. The number of methoxy groups -OCH3 is 1. The Kier molecular flexibility index (Phi) is 3.93. The highest BCUT2D eigenvalue weighted by atomic mass is 16.5. The van der Waals surface area contributed by atoms with Crippen molar-refractivity contribution in [1.82, 2.24) is 5.32 Å². The molecule has 0 spiro atoms. The maximum atomic E-state index is 12.2. The summed E-state index contributed by atoms with van der Waals surface area (Å²) in [6.45, 7) is 6.13. The predicted molar refractivity (Wildman–Crippen MR) is 78.0 cm³/mol. The molecule has 1 amide bonds. The topological polar surface area (TPSA) is 75.3 Å². The molecule has 1 aromatic heterocycles. The number of carbonyl (C=O) groups is 1. The summed E-state index contributed by atoms with van der Waals surface area (Å²) in [5.41, 5.74) is -0.419. The maximum Gasteiger partial charge on any atom is 0.262 e. The van der Waals surface area contributed by atoms with Crippen molar-refractivity contribution < 1.29 is 13.9 Å². The van der Waals surface area contributed by atoms with Crippen molar-refractivity contribution >= 4 is 12.0 Å². The van der Waals surface area contributed by atoms with Gasteiger partial charge in [-0.3, -0.25) is 4.79 Å². The summed E-state index contributed by atoms with van der Waals surface area (Å²) in [4.78, 5) is 12.2. The molecule has 5 heteroatoms. The molecule has 5 nitrogen and oxygen atoms in total. The average molecular weight is 288 g/mol. The molecular formula is C16H20N2O3. The molecule has 2 rings (SSSR count). The van der Waals surface area contributed by atoms with Crippen LogP contribution in [0.4, 0.5) is 0 Å². The fraction of sp³-hybridized carbons (Fsp3) is 0.500. The van der Waals surface area contributed by atoms with Crippen LogP contribution in [0.2, 0.25) is 0 Å². The summed E-state index contributed by atoms with van der Waals surface area (Å²) in [5.74, 6) is 0.0985. The minimum Gasteiger partial charge on any atom is -0.465 e. The number of hydrogen-bond donors (Lipinski definition) is 1. The molecule has 1 saturated carbocycles. The van der Waals surface area contributed by atoms with Gasteiger partial charge in [0.2, 0.25) is 0 Å². The van der Waals surface area contributed by atoms with Gasteiger partial charge in [-0.2, -0.15) is 5.26 Å². The molecule has 112 valence electrons. The zero-order valence-corrected chi connectivity index (χ0v) is 12.8. The largest absolute Gasteiger partial charge is 0.465 e. The van der Waals surface area contributed by atoms with E-state index < -0.39 is 0 Å². The Morgan fingerprint density at radius 1 is 1.57 bits per heavy atom. The Labute approximate surface area is 124 Å². The summed E-state index contributed by atoms with van der Waals surface area (Å²) < 4.78 is 10.7. The second-order valence-corrected chi connectivity index (χ2v) is 6.07. The van der Waals surface area contributed by atoms with Crippen molar-refractivity contribution in [2.45, 2.75) is 38.8 Å². The number of rotatable bonds is 4. The van der Waals surface area contributed by atoms with Crippen LogP contribution in [-0.4, -0.2) is 24.7 Å². The number of nitrogens with zero attached hydrogens (tertiary/aromatic N) is 1. The van der Waals surface area contributed by atoms with Crippen molar-refractivity contribution in [1.29, 1.82) is 5.26 Å². The zero-order chi connectivity index (χ0) is 15.7. The Hall–Kier alpha value is -2.06. The van der Waals surface area contributed by atoms with Gasteiger partial charge in [-0.25, -0.2) is 0 Å². The average Bonchev–Trinajstić information content (AvgIpc) is 2.96. The third kappa shape index (κ3) is 2.59. The normalized spacial score (nSPS) is 27.6. The molecule has 1 aromatic rings. The lowest BCUT2D eigenvalue weighted by atomic mass is 9.56. The van der Waals surface area contributed by atoms with E-state index in [4.69, 9.17) is 14.4 Å². The van der Waals surface area contributed by atoms with Crippen LogP contribution >= 0.6 is 0 Å². The zero-order valence-electron chi connectivity index (χ0n) is 12.8. The molecule has 0 radical (unpaired) electrons. The van der Waals surface area contributed by atoms with Gasteiger partial charge < -0.3 is 14.5 Å². The standard InChI is InChI=1S/C16H20N2O3/c1-15(2)13(9-16(15,3)20-4)18-14(19)11(10-17)8-12-6-5-7-21-12/h5-8,13H,9H2,1-4H3,(H,18,19)/b11-8+/t13-,16+/m1/s1. The van der Waals surface area contributed by atoms with Crippen LogP contribution in [0.1, 0.15) is 33.0 Å². The Morgan fingerprint density at radius 2 is 2.29 bits per heavy atom. The summed E-state index contributed by atoms with van der Waals surface area (Å²) in [6, 6.07) is 5.29. The minimum atomic E-state index is -0.384. The predicted octanol–water partition coefficient (Wildman–Crippen LogP) is 2.51. The molecule has 0 aliphatic heterocycles. The molecule has 0 bridgehead atoms. The third-order valence-corrected chi connectivity index (χ3v) is 4.78. The second-order valence-electron chi connectivity index (χ2n) is 6.07. The molecule has 21 heavy (non-hydrogen) atoms. The van der Waals surface area contributed by atoms with E-state index in [1.165, 1.54) is 12.3 Å². The van der Waals surface area contributed by atoms with E-state index in [0.717, 1.165) is 6.42 Å². The number of nitrogens with one attached hydrogen (secondary N) is 1. The highest BCUT2D eigenvalue weighted by molar-refractivity contribution is 6.01. The molecule has 0 unspecified atom stereocenters. The van der Waals surface area contributed by atoms with Gasteiger partial charge >= 0.3 is 0 Å². The van der Waals surface area contributed by atoms with E-state index in [1.807, 2.05) is 26.8 Å². The van der Waals surface area contributed by atoms with Crippen LogP contribution in [0.25, 0.3) is 6.08 Å². The van der Waals surface area contributed by atoms with Gasteiger partial charge in [0.05, 0.1) is 11.9 Å². The highest BCUT2D eigenvalue weighted by Crippen LogP contribution is 2.51. The molecule has 1 aliphatic carbocycles. The first kappa shape index (κ1) is 15.3. The number of ether oxygens (including phenoxy) is 1. The quantitative estimate of drug-likeness (QED) is 0.682. The lowest BCUT2D eigenvalue weighted by Crippen LogP contribution is -2.68. The molecular weight excluding hydrogens is 268 g/mol. The van der Waals surface area contributed by atoms with Crippen molar-refractivity contribution in [3.05, 3.63) is 29.7 Å². The fourth-order valence-electron chi connectivity index (χ4n) is 2.62. The SMILES string of the molecule is CO[C@@]1(C)C[C@@H](NC(=O)/C(C#N)=C/c2ccco2)C1(C)C. The Morgan fingerprint density at radius 3 is 2.76 bits per heavy atom. The van der Waals surface area contributed by atoms with Crippen molar-refractivity contribution in [2.24, 2.45) is 5.41 Å². The second kappa shape index (κ2) is 5.38. The summed E-state index contributed by atoms with van der Waals surface area (Å²) in [5, 5.41) is 12.0. The first-order valence-corrected chi connectivity index (χ1v) is 6.85. The van der Waals surface area contributed by atoms with Crippen LogP contribution in [0.3, 0.4) is 0 Å². The van der Waals surface area contributed by atoms with Gasteiger partial charge in [-0.05, 0) is 25.5 Å². The number of nitriles is 1. The van der Waals surface area contributed by atoms with Crippen molar-refractivity contribution in [2.75, 3.05) is 7.11 Å². The maximum absolute atomic E-state index is 12.2. The number of amides is 1. The third-order valence-electron chi connectivity index (χ3n) is 4.78. The van der Waals surface area contributed by atoms with Gasteiger partial charge in [0, 0.05) is 24.6 Å². The smallest absolute Gasteiger partial charge is 0.262 e. The van der Waals surface area contributed by atoms with Crippen molar-refractivity contribution in [3.8, 4) is 6.07 Å². The monoisotopic (exact) mass is 288 g/mol. The molecule has 0 saturated heterocycles. The van der Waals surface area contributed by atoms with Gasteiger partial charge in [-0.15, -0.1) is 0 Å². The lowest BCUT2D eigenvalue weighted by molar-refractivity contribution is -0.181. The van der Waals surface area contributed by atoms with Crippen molar-refractivity contribution in [3.63, 3.8) is 0 Å². The number of furan rings is 1. The van der Waals surface area contributed by atoms with Gasteiger partial charge in [-0.1, -0.05) is 13.8 Å². The molecule has 2 atom stereocenters.